The average molecular weight is 499 g/mol. The molecule has 9 heteroatoms. The summed E-state index contributed by atoms with van der Waals surface area (Å²) < 4.78 is 3.52. The van der Waals surface area contributed by atoms with Gasteiger partial charge in [0.1, 0.15) is 11.3 Å². The maximum Gasteiger partial charge on any atom is 0.328 e. The quantitative estimate of drug-likeness (QED) is 0.332. The van der Waals surface area contributed by atoms with E-state index in [2.05, 4.69) is 20.6 Å². The molecular weight excluding hydrogens is 476 g/mol. The molecule has 2 aromatic carbocycles. The van der Waals surface area contributed by atoms with Crippen molar-refractivity contribution in [2.75, 3.05) is 14.1 Å². The van der Waals surface area contributed by atoms with E-state index in [0.29, 0.717) is 34.1 Å². The Hall–Kier alpha value is -4.48. The van der Waals surface area contributed by atoms with E-state index in [0.717, 1.165) is 22.4 Å². The first-order chi connectivity index (χ1) is 16.9. The number of nitrogens with zero attached hydrogens (tertiary/aromatic N) is 6. The van der Waals surface area contributed by atoms with Crippen LogP contribution < -0.4 is 0 Å². The Labute approximate surface area is 213 Å². The number of nitriles is 1. The fourth-order valence-corrected chi connectivity index (χ4v) is 4.33. The van der Waals surface area contributed by atoms with Crippen molar-refractivity contribution in [3.05, 3.63) is 95.2 Å². The van der Waals surface area contributed by atoms with Gasteiger partial charge in [-0.2, -0.15) is 5.26 Å². The fraction of sp³-hybridized carbons (Fsp3) is 0.148. The number of benzene rings is 2. The first-order valence-electron chi connectivity index (χ1n) is 11.1. The molecule has 0 spiro atoms. The molecule has 36 heavy (non-hydrogen) atoms. The van der Waals surface area contributed by atoms with Gasteiger partial charge < -0.3 is 9.47 Å². The predicted molar refractivity (Wildman–Crippen MR) is 140 cm³/mol. The zero-order valence-corrected chi connectivity index (χ0v) is 20.8. The summed E-state index contributed by atoms with van der Waals surface area (Å²) in [6.45, 7) is 2.56. The first kappa shape index (κ1) is 24.6. The van der Waals surface area contributed by atoms with Crippen molar-refractivity contribution >= 4 is 46.2 Å². The van der Waals surface area contributed by atoms with Crippen LogP contribution in [-0.2, 0) is 6.54 Å². The Morgan fingerprint density at radius 1 is 1.06 bits per heavy atom. The summed E-state index contributed by atoms with van der Waals surface area (Å²) in [7, 11) is 3.29. The van der Waals surface area contributed by atoms with Crippen molar-refractivity contribution < 1.29 is 9.59 Å². The van der Waals surface area contributed by atoms with Gasteiger partial charge in [0.05, 0.1) is 28.9 Å². The third kappa shape index (κ3) is 4.10. The Kier molecular flexibility index (Phi) is 6.60. The summed E-state index contributed by atoms with van der Waals surface area (Å²) >= 11 is 0. The molecule has 3 aromatic heterocycles. The highest BCUT2D eigenvalue weighted by atomic mass is 35.5. The van der Waals surface area contributed by atoms with Crippen LogP contribution in [0.15, 0.2) is 67.1 Å². The molecule has 0 atom stereocenters. The van der Waals surface area contributed by atoms with E-state index in [1.807, 2.05) is 25.1 Å². The molecule has 5 aromatic rings. The van der Waals surface area contributed by atoms with Crippen molar-refractivity contribution in [1.82, 2.24) is 24.0 Å². The lowest BCUT2D eigenvalue weighted by molar-refractivity contribution is 0.104. The number of imidazole rings is 1. The van der Waals surface area contributed by atoms with Gasteiger partial charge in [0.2, 0.25) is 0 Å². The Morgan fingerprint density at radius 2 is 1.81 bits per heavy atom. The normalized spacial score (nSPS) is 10.7. The zero-order valence-electron chi connectivity index (χ0n) is 20.0. The second-order valence-corrected chi connectivity index (χ2v) is 8.54. The van der Waals surface area contributed by atoms with Crippen LogP contribution in [-0.4, -0.2) is 49.9 Å². The van der Waals surface area contributed by atoms with Crippen molar-refractivity contribution in [1.29, 1.82) is 5.26 Å². The van der Waals surface area contributed by atoms with Crippen LogP contribution in [0, 0.1) is 18.3 Å². The van der Waals surface area contributed by atoms with E-state index in [1.54, 1.807) is 56.8 Å². The van der Waals surface area contributed by atoms with Gasteiger partial charge >= 0.3 is 6.03 Å². The molecule has 0 radical (unpaired) electrons. The minimum Gasteiger partial charge on any atom is -0.330 e. The van der Waals surface area contributed by atoms with Gasteiger partial charge in [-0.25, -0.2) is 9.78 Å². The van der Waals surface area contributed by atoms with Crippen LogP contribution in [0.2, 0.25) is 0 Å². The molecule has 0 fully saturated rings. The average Bonchev–Trinajstić information content (AvgIpc) is 3.41. The highest BCUT2D eigenvalue weighted by Crippen LogP contribution is 2.28. The van der Waals surface area contributed by atoms with Gasteiger partial charge in [0.25, 0.3) is 0 Å². The highest BCUT2D eigenvalue weighted by molar-refractivity contribution is 6.18. The van der Waals surface area contributed by atoms with Gasteiger partial charge in [-0.3, -0.25) is 14.3 Å². The van der Waals surface area contributed by atoms with Crippen LogP contribution in [0.5, 0.6) is 0 Å². The van der Waals surface area contributed by atoms with E-state index >= 15 is 0 Å². The van der Waals surface area contributed by atoms with Crippen molar-refractivity contribution in [3.63, 3.8) is 0 Å². The first-order valence-corrected chi connectivity index (χ1v) is 11.1. The van der Waals surface area contributed by atoms with Crippen LogP contribution in [0.4, 0.5) is 4.79 Å². The number of fused-ring (bicyclic) bond motifs is 2. The SMILES string of the molecule is Cc1nc2cnccc2n1Cc1ccc(C(=O)c2cn(C(=O)N(C)C)c3cccc(C#N)c23)cc1.Cl. The number of carbonyl (C=O) groups is 2. The molecule has 0 N–H and O–H groups in total. The van der Waals surface area contributed by atoms with Crippen molar-refractivity contribution in [3.8, 4) is 6.07 Å². The molecule has 0 aliphatic carbocycles. The number of aromatic nitrogens is 4. The van der Waals surface area contributed by atoms with Gasteiger partial charge in [-0.1, -0.05) is 30.3 Å². The number of halogens is 1. The lowest BCUT2D eigenvalue weighted by atomic mass is 9.99. The number of aryl methyl sites for hydroxylation is 1. The molecule has 5 rings (SSSR count). The number of rotatable bonds is 4. The topological polar surface area (TPSA) is 96.8 Å². The van der Waals surface area contributed by atoms with E-state index in [4.69, 9.17) is 0 Å². The van der Waals surface area contributed by atoms with E-state index in [-0.39, 0.29) is 24.2 Å². The number of amides is 1. The second-order valence-electron chi connectivity index (χ2n) is 8.54. The lowest BCUT2D eigenvalue weighted by Crippen LogP contribution is -2.26. The minimum atomic E-state index is -0.294. The Bertz CT molecular complexity index is 1660. The third-order valence-corrected chi connectivity index (χ3v) is 6.08. The Morgan fingerprint density at radius 3 is 2.50 bits per heavy atom. The summed E-state index contributed by atoms with van der Waals surface area (Å²) in [5, 5.41) is 10.1. The number of pyridine rings is 1. The molecule has 180 valence electrons. The highest BCUT2D eigenvalue weighted by Gasteiger charge is 2.22. The summed E-state index contributed by atoms with van der Waals surface area (Å²) in [6, 6.07) is 16.3. The molecule has 0 saturated carbocycles. The number of hydrogen-bond acceptors (Lipinski definition) is 5. The van der Waals surface area contributed by atoms with E-state index in [9.17, 15) is 14.9 Å². The molecule has 0 bridgehead atoms. The second kappa shape index (κ2) is 9.64. The van der Waals surface area contributed by atoms with Crippen molar-refractivity contribution in [2.45, 2.75) is 13.5 Å². The minimum absolute atomic E-state index is 0. The van der Waals surface area contributed by atoms with Gasteiger partial charge in [0, 0.05) is 49.5 Å². The molecule has 8 nitrogen and oxygen atoms in total. The smallest absolute Gasteiger partial charge is 0.328 e. The largest absolute Gasteiger partial charge is 0.330 e. The van der Waals surface area contributed by atoms with Gasteiger partial charge in [-0.15, -0.1) is 12.4 Å². The molecule has 0 saturated heterocycles. The van der Waals surface area contributed by atoms with Gasteiger partial charge in [0.15, 0.2) is 5.78 Å². The Balaban J connectivity index is 0.00000304. The number of ketones is 1. The molecular formula is C27H23ClN6O2. The monoisotopic (exact) mass is 498 g/mol. The lowest BCUT2D eigenvalue weighted by Gasteiger charge is -2.11. The molecule has 0 aliphatic heterocycles. The van der Waals surface area contributed by atoms with E-state index < -0.39 is 0 Å². The molecule has 1 amide bonds. The zero-order chi connectivity index (χ0) is 24.7. The van der Waals surface area contributed by atoms with Crippen LogP contribution in [0.3, 0.4) is 0 Å². The van der Waals surface area contributed by atoms with Crippen LogP contribution in [0.25, 0.3) is 21.9 Å². The summed E-state index contributed by atoms with van der Waals surface area (Å²) in [5.41, 5.74) is 4.54. The maximum absolute atomic E-state index is 13.5. The third-order valence-electron chi connectivity index (χ3n) is 6.08. The number of hydrogen-bond donors (Lipinski definition) is 0. The number of carbonyl (C=O) groups excluding carboxylic acids is 2. The van der Waals surface area contributed by atoms with Crippen LogP contribution >= 0.6 is 12.4 Å². The summed E-state index contributed by atoms with van der Waals surface area (Å²) in [4.78, 5) is 36.4. The van der Waals surface area contributed by atoms with E-state index in [1.165, 1.54) is 15.7 Å². The predicted octanol–water partition coefficient (Wildman–Crippen LogP) is 4.80. The maximum atomic E-state index is 13.5. The molecule has 0 unspecified atom stereocenters. The van der Waals surface area contributed by atoms with Gasteiger partial charge in [-0.05, 0) is 30.7 Å². The van der Waals surface area contributed by atoms with Crippen LogP contribution in [0.1, 0.15) is 32.9 Å². The van der Waals surface area contributed by atoms with Crippen molar-refractivity contribution in [2.24, 2.45) is 0 Å². The standard InChI is InChI=1S/C27H22N6O2.ClH/c1-17-30-22-14-29-12-11-23(22)32(17)15-18-7-9-19(10-8-18)26(34)21-16-33(27(35)31(2)3)24-6-4-5-20(13-28)25(21)24;/h4-12,14,16H,15H2,1-3H3;1H. The molecule has 0 aliphatic rings. The summed E-state index contributed by atoms with van der Waals surface area (Å²) in [6.07, 6.45) is 5.02. The summed E-state index contributed by atoms with van der Waals surface area (Å²) in [5.74, 6) is 0.639. The fourth-order valence-electron chi connectivity index (χ4n) is 4.33. The molecule has 3 heterocycles.